The van der Waals surface area contributed by atoms with Gasteiger partial charge in [0.2, 0.25) is 0 Å². The summed E-state index contributed by atoms with van der Waals surface area (Å²) >= 11 is 0. The number of carbonyl (C=O) groups excluding carboxylic acids is 1. The van der Waals surface area contributed by atoms with E-state index in [1.165, 1.54) is 36.6 Å². The molecule has 0 spiro atoms. The van der Waals surface area contributed by atoms with Gasteiger partial charge in [-0.25, -0.2) is 4.79 Å². The molecular weight excluding hydrogens is 252 g/mol. The Morgan fingerprint density at radius 1 is 1.35 bits per heavy atom. The van der Waals surface area contributed by atoms with Crippen molar-refractivity contribution >= 4 is 16.9 Å². The molecule has 1 aliphatic rings. The first-order chi connectivity index (χ1) is 9.77. The first kappa shape index (κ1) is 13.2. The number of carbonyl (C=O) groups is 1. The summed E-state index contributed by atoms with van der Waals surface area (Å²) in [5, 5.41) is 1.19. The molecule has 0 saturated carbocycles. The lowest BCUT2D eigenvalue weighted by molar-refractivity contribution is 0.0602. The second kappa shape index (κ2) is 5.29. The number of hydrogen-bond donors (Lipinski definition) is 1. The van der Waals surface area contributed by atoms with Crippen LogP contribution in [0.4, 0.5) is 0 Å². The number of aryl methyl sites for hydroxylation is 1. The van der Waals surface area contributed by atoms with Gasteiger partial charge in [0.15, 0.2) is 0 Å². The van der Waals surface area contributed by atoms with Gasteiger partial charge in [-0.1, -0.05) is 12.1 Å². The average Bonchev–Trinajstić information content (AvgIpc) is 2.82. The highest BCUT2D eigenvalue weighted by atomic mass is 16.5. The van der Waals surface area contributed by atoms with E-state index in [0.717, 1.165) is 24.9 Å². The molecule has 106 valence electrons. The highest BCUT2D eigenvalue weighted by Gasteiger charge is 2.23. The van der Waals surface area contributed by atoms with Gasteiger partial charge >= 0.3 is 5.97 Å². The number of hydrogen-bond acceptors (Lipinski definition) is 3. The lowest BCUT2D eigenvalue weighted by atomic mass is 9.95. The van der Waals surface area contributed by atoms with E-state index >= 15 is 0 Å². The van der Waals surface area contributed by atoms with Crippen LogP contribution in [-0.4, -0.2) is 24.2 Å². The smallest absolute Gasteiger partial charge is 0.340 e. The van der Waals surface area contributed by atoms with Crippen molar-refractivity contribution < 1.29 is 9.53 Å². The fourth-order valence-electron chi connectivity index (χ4n) is 3.34. The van der Waals surface area contributed by atoms with E-state index < -0.39 is 0 Å². The van der Waals surface area contributed by atoms with E-state index in [2.05, 4.69) is 10.6 Å². The lowest BCUT2D eigenvalue weighted by Crippen LogP contribution is -2.15. The standard InChI is InChI=1S/C16H20N2O2/c1-20-16(19)13-7-4-6-12-11-5-2-3-8-14(11)18(10-9-17)15(12)13/h4,6-7H,2-3,5,8-10,17H2,1H3. The fraction of sp³-hybridized carbons (Fsp3) is 0.438. The molecule has 0 aliphatic heterocycles. The van der Waals surface area contributed by atoms with Crippen molar-refractivity contribution in [3.05, 3.63) is 35.0 Å². The topological polar surface area (TPSA) is 57.2 Å². The molecular formula is C16H20N2O2. The van der Waals surface area contributed by atoms with Gasteiger partial charge in [0, 0.05) is 24.2 Å². The van der Waals surface area contributed by atoms with Crippen molar-refractivity contribution in [2.75, 3.05) is 13.7 Å². The summed E-state index contributed by atoms with van der Waals surface area (Å²) in [6.07, 6.45) is 4.59. The molecule has 0 bridgehead atoms. The van der Waals surface area contributed by atoms with Crippen LogP contribution >= 0.6 is 0 Å². The maximum absolute atomic E-state index is 12.0. The van der Waals surface area contributed by atoms with Crippen molar-refractivity contribution in [1.29, 1.82) is 0 Å². The van der Waals surface area contributed by atoms with Crippen LogP contribution in [0.15, 0.2) is 18.2 Å². The largest absolute Gasteiger partial charge is 0.465 e. The van der Waals surface area contributed by atoms with Crippen LogP contribution in [0.1, 0.15) is 34.5 Å². The fourth-order valence-corrected chi connectivity index (χ4v) is 3.34. The monoisotopic (exact) mass is 272 g/mol. The summed E-state index contributed by atoms with van der Waals surface area (Å²) in [6.45, 7) is 1.32. The molecule has 0 atom stereocenters. The molecule has 0 fully saturated rings. The van der Waals surface area contributed by atoms with E-state index in [0.29, 0.717) is 12.1 Å². The summed E-state index contributed by atoms with van der Waals surface area (Å²) in [5.41, 5.74) is 10.2. The van der Waals surface area contributed by atoms with Gasteiger partial charge in [-0.2, -0.15) is 0 Å². The summed E-state index contributed by atoms with van der Waals surface area (Å²) in [7, 11) is 1.43. The molecule has 1 aromatic heterocycles. The van der Waals surface area contributed by atoms with Crippen molar-refractivity contribution in [1.82, 2.24) is 4.57 Å². The minimum Gasteiger partial charge on any atom is -0.465 e. The molecule has 2 aromatic rings. The van der Waals surface area contributed by atoms with Crippen LogP contribution in [0.25, 0.3) is 10.9 Å². The number of benzene rings is 1. The first-order valence-electron chi connectivity index (χ1n) is 7.19. The van der Waals surface area contributed by atoms with Gasteiger partial charge in [0.25, 0.3) is 0 Å². The summed E-state index contributed by atoms with van der Waals surface area (Å²) in [4.78, 5) is 12.0. The van der Waals surface area contributed by atoms with Gasteiger partial charge < -0.3 is 15.0 Å². The van der Waals surface area contributed by atoms with Crippen LogP contribution in [0.5, 0.6) is 0 Å². The number of nitrogens with two attached hydrogens (primary N) is 1. The van der Waals surface area contributed by atoms with Crippen molar-refractivity contribution in [3.63, 3.8) is 0 Å². The SMILES string of the molecule is COC(=O)c1cccc2c3c(n(CCN)c12)CCCC3. The highest BCUT2D eigenvalue weighted by molar-refractivity contribution is 6.04. The van der Waals surface area contributed by atoms with E-state index in [1.54, 1.807) is 0 Å². The number of fused-ring (bicyclic) bond motifs is 3. The van der Waals surface area contributed by atoms with Crippen LogP contribution in [-0.2, 0) is 24.1 Å². The molecule has 3 rings (SSSR count). The summed E-state index contributed by atoms with van der Waals surface area (Å²) in [5.74, 6) is -0.274. The quantitative estimate of drug-likeness (QED) is 0.872. The number of ether oxygens (including phenoxy) is 1. The maximum atomic E-state index is 12.0. The van der Waals surface area contributed by atoms with Crippen LogP contribution in [0.3, 0.4) is 0 Å². The minimum atomic E-state index is -0.274. The third-order valence-electron chi connectivity index (χ3n) is 4.15. The highest BCUT2D eigenvalue weighted by Crippen LogP contribution is 2.34. The van der Waals surface area contributed by atoms with Crippen molar-refractivity contribution in [3.8, 4) is 0 Å². The Kier molecular flexibility index (Phi) is 3.49. The molecule has 0 amide bonds. The molecule has 0 saturated heterocycles. The molecule has 1 aliphatic carbocycles. The molecule has 20 heavy (non-hydrogen) atoms. The second-order valence-corrected chi connectivity index (χ2v) is 5.27. The van der Waals surface area contributed by atoms with Crippen molar-refractivity contribution in [2.45, 2.75) is 32.2 Å². The van der Waals surface area contributed by atoms with Crippen molar-refractivity contribution in [2.24, 2.45) is 5.73 Å². The zero-order valence-corrected chi connectivity index (χ0v) is 11.8. The Morgan fingerprint density at radius 3 is 2.90 bits per heavy atom. The van der Waals surface area contributed by atoms with Crippen LogP contribution in [0.2, 0.25) is 0 Å². The van der Waals surface area contributed by atoms with E-state index in [9.17, 15) is 4.79 Å². The molecule has 0 unspecified atom stereocenters. The number of nitrogens with zero attached hydrogens (tertiary/aromatic N) is 1. The predicted octanol–water partition coefficient (Wildman–Crippen LogP) is 2.27. The zero-order chi connectivity index (χ0) is 14.1. The number of esters is 1. The van der Waals surface area contributed by atoms with E-state index in [1.807, 2.05) is 12.1 Å². The Balaban J connectivity index is 2.32. The number of rotatable bonds is 3. The van der Waals surface area contributed by atoms with E-state index in [4.69, 9.17) is 10.5 Å². The molecule has 2 N–H and O–H groups in total. The van der Waals surface area contributed by atoms with Gasteiger partial charge in [0.05, 0.1) is 18.2 Å². The first-order valence-corrected chi connectivity index (χ1v) is 7.19. The summed E-state index contributed by atoms with van der Waals surface area (Å²) < 4.78 is 7.16. The van der Waals surface area contributed by atoms with E-state index in [-0.39, 0.29) is 5.97 Å². The number of para-hydroxylation sites is 1. The van der Waals surface area contributed by atoms with Crippen LogP contribution in [0, 0.1) is 0 Å². The summed E-state index contributed by atoms with van der Waals surface area (Å²) in [6, 6.07) is 5.89. The minimum absolute atomic E-state index is 0.274. The van der Waals surface area contributed by atoms with Gasteiger partial charge in [-0.3, -0.25) is 0 Å². The Hall–Kier alpha value is -1.81. The average molecular weight is 272 g/mol. The Bertz CT molecular complexity index is 658. The lowest BCUT2D eigenvalue weighted by Gasteiger charge is -2.15. The number of aromatic nitrogens is 1. The van der Waals surface area contributed by atoms with Gasteiger partial charge in [-0.15, -0.1) is 0 Å². The number of methoxy groups -OCH3 is 1. The third kappa shape index (κ3) is 1.91. The molecule has 4 heteroatoms. The van der Waals surface area contributed by atoms with Crippen LogP contribution < -0.4 is 5.73 Å². The molecule has 0 radical (unpaired) electrons. The zero-order valence-electron chi connectivity index (χ0n) is 11.8. The molecule has 1 heterocycles. The Morgan fingerprint density at radius 2 is 2.15 bits per heavy atom. The predicted molar refractivity (Wildman–Crippen MR) is 79.0 cm³/mol. The van der Waals surface area contributed by atoms with Gasteiger partial charge in [-0.05, 0) is 37.3 Å². The molecule has 4 nitrogen and oxygen atoms in total. The maximum Gasteiger partial charge on any atom is 0.340 e. The second-order valence-electron chi connectivity index (χ2n) is 5.27. The van der Waals surface area contributed by atoms with Gasteiger partial charge in [0.1, 0.15) is 0 Å². The Labute approximate surface area is 118 Å². The third-order valence-corrected chi connectivity index (χ3v) is 4.15. The normalized spacial score (nSPS) is 14.3. The molecule has 1 aromatic carbocycles.